The molecule has 0 aliphatic carbocycles. The quantitative estimate of drug-likeness (QED) is 0.333. The third-order valence-corrected chi connectivity index (χ3v) is 6.49. The molecular formula is C26H34ClFN6O3. The number of nitrogens with one attached hydrogen (secondary N) is 1. The van der Waals surface area contributed by atoms with Crippen LogP contribution >= 0.6 is 11.6 Å². The van der Waals surface area contributed by atoms with E-state index in [1.807, 2.05) is 21.0 Å². The lowest BCUT2D eigenvalue weighted by Gasteiger charge is -2.24. The molecule has 2 aromatic heterocycles. The first-order valence-corrected chi connectivity index (χ1v) is 12.3. The summed E-state index contributed by atoms with van der Waals surface area (Å²) < 4.78 is 21.5. The molecule has 0 saturated heterocycles. The van der Waals surface area contributed by atoms with Crippen LogP contribution in [0.15, 0.2) is 30.6 Å². The van der Waals surface area contributed by atoms with Gasteiger partial charge in [-0.25, -0.2) is 9.37 Å². The summed E-state index contributed by atoms with van der Waals surface area (Å²) in [5.74, 6) is -0.654. The maximum atomic E-state index is 14.0. The zero-order chi connectivity index (χ0) is 27.5. The molecule has 3 aromatic rings. The number of aryl methyl sites for hydroxylation is 1. The van der Waals surface area contributed by atoms with Crippen molar-refractivity contribution in [1.29, 1.82) is 0 Å². The molecule has 0 fully saturated rings. The highest BCUT2D eigenvalue weighted by molar-refractivity contribution is 6.31. The lowest BCUT2D eigenvalue weighted by Crippen LogP contribution is -2.45. The molecule has 0 aliphatic rings. The number of anilines is 1. The van der Waals surface area contributed by atoms with Crippen LogP contribution in [0.25, 0.3) is 11.1 Å². The molecule has 3 rings (SSSR count). The number of carbonyl (C=O) groups excluding carboxylic acids is 1. The van der Waals surface area contributed by atoms with Crippen molar-refractivity contribution in [3.05, 3.63) is 52.7 Å². The molecule has 0 aliphatic heterocycles. The molecule has 4 N–H and O–H groups in total. The highest BCUT2D eigenvalue weighted by atomic mass is 35.5. The van der Waals surface area contributed by atoms with Crippen molar-refractivity contribution in [2.45, 2.75) is 45.8 Å². The van der Waals surface area contributed by atoms with Gasteiger partial charge in [-0.05, 0) is 73.0 Å². The van der Waals surface area contributed by atoms with E-state index in [-0.39, 0.29) is 33.8 Å². The SMILES string of the molecule is Cc1nn(C(C)(C)C(=O)NCCCN(C)C)cc1-c1cnc(N)c(OC(C)c2c(O)ccc(F)c2Cl)c1. The van der Waals surface area contributed by atoms with Gasteiger partial charge in [-0.2, -0.15) is 5.10 Å². The Bertz CT molecular complexity index is 1280. The molecule has 0 spiro atoms. The molecule has 1 unspecified atom stereocenters. The predicted molar refractivity (Wildman–Crippen MR) is 142 cm³/mol. The second-order valence-corrected chi connectivity index (χ2v) is 10.1. The van der Waals surface area contributed by atoms with Crippen molar-refractivity contribution in [3.8, 4) is 22.6 Å². The second-order valence-electron chi connectivity index (χ2n) is 9.71. The monoisotopic (exact) mass is 532 g/mol. The summed E-state index contributed by atoms with van der Waals surface area (Å²) in [6, 6.07) is 3.98. The molecule has 9 nitrogen and oxygen atoms in total. The Morgan fingerprint density at radius 1 is 1.38 bits per heavy atom. The molecule has 1 atom stereocenters. The van der Waals surface area contributed by atoms with Crippen molar-refractivity contribution in [2.75, 3.05) is 32.9 Å². The molecule has 11 heteroatoms. The number of hydrogen-bond acceptors (Lipinski definition) is 7. The Labute approximate surface area is 221 Å². The topological polar surface area (TPSA) is 119 Å². The first kappa shape index (κ1) is 28.2. The van der Waals surface area contributed by atoms with Crippen LogP contribution in [-0.4, -0.2) is 57.9 Å². The van der Waals surface area contributed by atoms with E-state index in [0.717, 1.165) is 24.6 Å². The number of pyridine rings is 1. The fraction of sp³-hybridized carbons (Fsp3) is 0.423. The number of carbonyl (C=O) groups is 1. The highest BCUT2D eigenvalue weighted by Gasteiger charge is 2.31. The summed E-state index contributed by atoms with van der Waals surface area (Å²) in [6.07, 6.45) is 3.39. The van der Waals surface area contributed by atoms with E-state index in [2.05, 4.69) is 20.3 Å². The number of phenols is 1. The van der Waals surface area contributed by atoms with E-state index in [4.69, 9.17) is 22.1 Å². The third-order valence-electron chi connectivity index (χ3n) is 6.11. The molecule has 0 saturated carbocycles. The minimum atomic E-state index is -0.929. The molecule has 1 aromatic carbocycles. The van der Waals surface area contributed by atoms with Crippen LogP contribution in [0.5, 0.6) is 11.5 Å². The Morgan fingerprint density at radius 2 is 2.08 bits per heavy atom. The van der Waals surface area contributed by atoms with Gasteiger partial charge in [0, 0.05) is 30.1 Å². The number of aromatic hydroxyl groups is 1. The number of aromatic nitrogens is 3. The van der Waals surface area contributed by atoms with Gasteiger partial charge in [-0.15, -0.1) is 0 Å². The summed E-state index contributed by atoms with van der Waals surface area (Å²) in [6.45, 7) is 8.51. The molecule has 1 amide bonds. The van der Waals surface area contributed by atoms with Crippen LogP contribution in [0.3, 0.4) is 0 Å². The number of halogens is 2. The summed E-state index contributed by atoms with van der Waals surface area (Å²) >= 11 is 6.06. The summed E-state index contributed by atoms with van der Waals surface area (Å²) in [4.78, 5) is 19.2. The lowest BCUT2D eigenvalue weighted by molar-refractivity contribution is -0.128. The largest absolute Gasteiger partial charge is 0.507 e. The molecule has 0 radical (unpaired) electrons. The van der Waals surface area contributed by atoms with Gasteiger partial charge in [-0.1, -0.05) is 11.6 Å². The average Bonchev–Trinajstić information content (AvgIpc) is 3.23. The lowest BCUT2D eigenvalue weighted by atomic mass is 10.0. The van der Waals surface area contributed by atoms with Gasteiger partial charge in [0.1, 0.15) is 23.2 Å². The van der Waals surface area contributed by atoms with Crippen LogP contribution in [0.1, 0.15) is 44.6 Å². The number of hydrogen-bond donors (Lipinski definition) is 3. The minimum Gasteiger partial charge on any atom is -0.507 e. The molecule has 200 valence electrons. The molecule has 37 heavy (non-hydrogen) atoms. The fourth-order valence-electron chi connectivity index (χ4n) is 3.84. The van der Waals surface area contributed by atoms with Gasteiger partial charge in [0.05, 0.1) is 16.3 Å². The summed E-state index contributed by atoms with van der Waals surface area (Å²) in [5, 5.41) is 17.5. The zero-order valence-corrected chi connectivity index (χ0v) is 22.7. The van der Waals surface area contributed by atoms with Gasteiger partial charge >= 0.3 is 0 Å². The number of ether oxygens (including phenoxy) is 1. The van der Waals surface area contributed by atoms with Crippen LogP contribution in [0, 0.1) is 12.7 Å². The Balaban J connectivity index is 1.84. The summed E-state index contributed by atoms with van der Waals surface area (Å²) in [7, 11) is 3.98. The van der Waals surface area contributed by atoms with E-state index >= 15 is 0 Å². The molecular weight excluding hydrogens is 499 g/mol. The third kappa shape index (κ3) is 6.31. The van der Waals surface area contributed by atoms with Gasteiger partial charge in [0.2, 0.25) is 5.91 Å². The Morgan fingerprint density at radius 3 is 2.76 bits per heavy atom. The van der Waals surface area contributed by atoms with Crippen LogP contribution < -0.4 is 15.8 Å². The number of nitrogens with two attached hydrogens (primary N) is 1. The minimum absolute atomic E-state index is 0.105. The van der Waals surface area contributed by atoms with E-state index in [9.17, 15) is 14.3 Å². The van der Waals surface area contributed by atoms with Crippen molar-refractivity contribution in [1.82, 2.24) is 25.0 Å². The van der Waals surface area contributed by atoms with Crippen LogP contribution in [0.4, 0.5) is 10.2 Å². The smallest absolute Gasteiger partial charge is 0.247 e. The highest BCUT2D eigenvalue weighted by Crippen LogP contribution is 2.38. The van der Waals surface area contributed by atoms with Crippen molar-refractivity contribution in [2.24, 2.45) is 0 Å². The number of phenolic OH excluding ortho intramolecular Hbond substituents is 1. The second kappa shape index (κ2) is 11.4. The van der Waals surface area contributed by atoms with Crippen molar-refractivity contribution in [3.63, 3.8) is 0 Å². The standard InChI is InChI=1S/C26H34ClFN6O3/c1-15-18(14-34(32-15)26(3,4)25(36)30-10-7-11-33(5)6)17-12-21(24(29)31-13-17)37-16(2)22-20(35)9-8-19(28)23(22)27/h8-9,12-14,16,35H,7,10-11H2,1-6H3,(H2,29,31)(H,30,36). The maximum Gasteiger partial charge on any atom is 0.247 e. The van der Waals surface area contributed by atoms with Crippen LogP contribution in [0.2, 0.25) is 5.02 Å². The Hall–Kier alpha value is -3.37. The predicted octanol–water partition coefficient (Wildman–Crippen LogP) is 4.28. The average molecular weight is 533 g/mol. The van der Waals surface area contributed by atoms with E-state index < -0.39 is 17.5 Å². The van der Waals surface area contributed by atoms with Crippen molar-refractivity contribution >= 4 is 23.3 Å². The first-order valence-electron chi connectivity index (χ1n) is 11.9. The molecule has 0 bridgehead atoms. The van der Waals surface area contributed by atoms with E-state index in [1.54, 1.807) is 43.9 Å². The fourth-order valence-corrected chi connectivity index (χ4v) is 4.15. The van der Waals surface area contributed by atoms with Gasteiger partial charge in [0.15, 0.2) is 11.6 Å². The van der Waals surface area contributed by atoms with Gasteiger partial charge < -0.3 is 25.8 Å². The Kier molecular flexibility index (Phi) is 8.65. The van der Waals surface area contributed by atoms with Gasteiger partial charge in [0.25, 0.3) is 0 Å². The first-order chi connectivity index (χ1) is 17.3. The summed E-state index contributed by atoms with van der Waals surface area (Å²) in [5.41, 5.74) is 7.31. The maximum absolute atomic E-state index is 14.0. The number of nitrogen functional groups attached to an aromatic ring is 1. The normalized spacial score (nSPS) is 12.6. The number of amides is 1. The number of rotatable bonds is 10. The van der Waals surface area contributed by atoms with Crippen molar-refractivity contribution < 1.29 is 19.0 Å². The van der Waals surface area contributed by atoms with E-state index in [1.165, 1.54) is 6.07 Å². The van der Waals surface area contributed by atoms with Gasteiger partial charge in [-0.3, -0.25) is 9.48 Å². The van der Waals surface area contributed by atoms with E-state index in [0.29, 0.717) is 17.8 Å². The number of nitrogens with zero attached hydrogens (tertiary/aromatic N) is 4. The van der Waals surface area contributed by atoms with Crippen LogP contribution in [-0.2, 0) is 10.3 Å². The molecule has 2 heterocycles. The zero-order valence-electron chi connectivity index (χ0n) is 22.0. The number of benzene rings is 1.